The average Bonchev–Trinajstić information content (AvgIpc) is 3.51. The topological polar surface area (TPSA) is 26.8 Å². The molecule has 0 radical (unpaired) electrons. The van der Waals surface area contributed by atoms with Crippen molar-refractivity contribution in [2.75, 3.05) is 32.7 Å². The molecule has 1 amide bonds. The molecule has 0 unspecified atom stereocenters. The van der Waals surface area contributed by atoms with Gasteiger partial charge in [-0.25, -0.2) is 0 Å². The molecule has 1 aromatic rings. The molecule has 2 saturated heterocycles. The standard InChI is InChI=1S/C25H37N3O/c1-2-28(23-9-10-23)25(29)21-8-5-13-27(18-21)22-11-14-26(15-12-22)24-16-19-6-3-4-7-20(19)17-24/h3-4,6-7,21-24H,2,5,8-18H2,1H3/t21-/m0/s1. The number of hydrogen-bond acceptors (Lipinski definition) is 3. The molecule has 4 aliphatic rings. The number of carbonyl (C=O) groups excluding carboxylic acids is 1. The first-order valence-electron chi connectivity index (χ1n) is 12.1. The average molecular weight is 396 g/mol. The van der Waals surface area contributed by atoms with Crippen molar-refractivity contribution in [3.63, 3.8) is 0 Å². The summed E-state index contributed by atoms with van der Waals surface area (Å²) < 4.78 is 0. The summed E-state index contributed by atoms with van der Waals surface area (Å²) in [4.78, 5) is 20.7. The molecule has 2 aliphatic heterocycles. The van der Waals surface area contributed by atoms with Gasteiger partial charge in [0.1, 0.15) is 0 Å². The molecule has 4 heteroatoms. The Labute approximate surface area is 176 Å². The van der Waals surface area contributed by atoms with Gasteiger partial charge >= 0.3 is 0 Å². The van der Waals surface area contributed by atoms with Gasteiger partial charge in [-0.2, -0.15) is 0 Å². The van der Waals surface area contributed by atoms with E-state index in [0.717, 1.165) is 19.5 Å². The minimum Gasteiger partial charge on any atom is -0.340 e. The van der Waals surface area contributed by atoms with E-state index >= 15 is 0 Å². The Morgan fingerprint density at radius 1 is 0.931 bits per heavy atom. The van der Waals surface area contributed by atoms with E-state index in [0.29, 0.717) is 24.0 Å². The van der Waals surface area contributed by atoms with Crippen LogP contribution in [0.2, 0.25) is 0 Å². The minimum atomic E-state index is 0.242. The fourth-order valence-corrected chi connectivity index (χ4v) is 6.16. The van der Waals surface area contributed by atoms with Crippen molar-refractivity contribution in [2.24, 2.45) is 5.92 Å². The van der Waals surface area contributed by atoms with Crippen LogP contribution in [0.1, 0.15) is 56.6 Å². The van der Waals surface area contributed by atoms with Crippen LogP contribution in [0.5, 0.6) is 0 Å². The van der Waals surface area contributed by atoms with Crippen molar-refractivity contribution >= 4 is 5.91 Å². The molecule has 158 valence electrons. The predicted octanol–water partition coefficient (Wildman–Crippen LogP) is 3.34. The lowest BCUT2D eigenvalue weighted by Crippen LogP contribution is -2.52. The Bertz CT molecular complexity index is 698. The van der Waals surface area contributed by atoms with E-state index in [1.54, 1.807) is 11.1 Å². The van der Waals surface area contributed by atoms with Gasteiger partial charge in [0.05, 0.1) is 5.92 Å². The Morgan fingerprint density at radius 2 is 1.62 bits per heavy atom. The third-order valence-corrected chi connectivity index (χ3v) is 7.97. The Kier molecular flexibility index (Phi) is 5.66. The first-order chi connectivity index (χ1) is 14.2. The third kappa shape index (κ3) is 4.11. The van der Waals surface area contributed by atoms with Crippen LogP contribution < -0.4 is 0 Å². The zero-order chi connectivity index (χ0) is 19.8. The van der Waals surface area contributed by atoms with Crippen molar-refractivity contribution in [1.82, 2.24) is 14.7 Å². The second kappa shape index (κ2) is 8.39. The molecular formula is C25H37N3O. The summed E-state index contributed by atoms with van der Waals surface area (Å²) in [5, 5.41) is 0. The summed E-state index contributed by atoms with van der Waals surface area (Å²) in [5.74, 6) is 0.688. The molecule has 2 aliphatic carbocycles. The van der Waals surface area contributed by atoms with E-state index < -0.39 is 0 Å². The second-order valence-corrected chi connectivity index (χ2v) is 9.79. The highest BCUT2D eigenvalue weighted by molar-refractivity contribution is 5.79. The lowest BCUT2D eigenvalue weighted by Gasteiger charge is -2.44. The van der Waals surface area contributed by atoms with Gasteiger partial charge in [-0.1, -0.05) is 24.3 Å². The van der Waals surface area contributed by atoms with Gasteiger partial charge < -0.3 is 4.90 Å². The highest BCUT2D eigenvalue weighted by Crippen LogP contribution is 2.32. The molecular weight excluding hydrogens is 358 g/mol. The van der Waals surface area contributed by atoms with Crippen LogP contribution in [0.25, 0.3) is 0 Å². The number of hydrogen-bond donors (Lipinski definition) is 0. The normalized spacial score (nSPS) is 27.1. The predicted molar refractivity (Wildman–Crippen MR) is 117 cm³/mol. The smallest absolute Gasteiger partial charge is 0.227 e. The minimum absolute atomic E-state index is 0.242. The number of likely N-dealkylation sites (tertiary alicyclic amines) is 2. The molecule has 0 aromatic heterocycles. The molecule has 29 heavy (non-hydrogen) atoms. The van der Waals surface area contributed by atoms with Crippen molar-refractivity contribution in [2.45, 2.75) is 76.4 Å². The molecule has 0 N–H and O–H groups in total. The van der Waals surface area contributed by atoms with Crippen LogP contribution >= 0.6 is 0 Å². The number of nitrogens with zero attached hydrogens (tertiary/aromatic N) is 3. The monoisotopic (exact) mass is 395 g/mol. The highest BCUT2D eigenvalue weighted by atomic mass is 16.2. The maximum Gasteiger partial charge on any atom is 0.227 e. The quantitative estimate of drug-likeness (QED) is 0.765. The lowest BCUT2D eigenvalue weighted by atomic mass is 9.92. The number of piperidine rings is 2. The van der Waals surface area contributed by atoms with Crippen molar-refractivity contribution in [3.8, 4) is 0 Å². The highest BCUT2D eigenvalue weighted by Gasteiger charge is 2.38. The van der Waals surface area contributed by atoms with Crippen molar-refractivity contribution in [3.05, 3.63) is 35.4 Å². The molecule has 0 spiro atoms. The summed E-state index contributed by atoms with van der Waals surface area (Å²) >= 11 is 0. The number of fused-ring (bicyclic) bond motifs is 1. The van der Waals surface area contributed by atoms with Gasteiger partial charge in [-0.15, -0.1) is 0 Å². The lowest BCUT2D eigenvalue weighted by molar-refractivity contribution is -0.138. The Hall–Kier alpha value is -1.39. The van der Waals surface area contributed by atoms with Crippen LogP contribution in [0.15, 0.2) is 24.3 Å². The first-order valence-corrected chi connectivity index (χ1v) is 12.1. The largest absolute Gasteiger partial charge is 0.340 e. The number of rotatable bonds is 5. The van der Waals surface area contributed by atoms with Crippen LogP contribution in [0, 0.1) is 5.92 Å². The van der Waals surface area contributed by atoms with Gasteiger partial charge in [0.2, 0.25) is 5.91 Å². The number of carbonyl (C=O) groups is 1. The van der Waals surface area contributed by atoms with E-state index in [9.17, 15) is 4.79 Å². The Morgan fingerprint density at radius 3 is 2.24 bits per heavy atom. The first kappa shape index (κ1) is 19.6. The third-order valence-electron chi connectivity index (χ3n) is 7.97. The molecule has 5 rings (SSSR count). The maximum absolute atomic E-state index is 13.1. The summed E-state index contributed by atoms with van der Waals surface area (Å²) in [6.07, 6.45) is 9.74. The van der Waals surface area contributed by atoms with E-state index in [4.69, 9.17) is 0 Å². The SMILES string of the molecule is CCN(C(=O)[C@H]1CCCN(C2CCN(C3Cc4ccccc4C3)CC2)C1)C1CC1. The van der Waals surface area contributed by atoms with Crippen LogP contribution in [-0.4, -0.2) is 71.5 Å². The van der Waals surface area contributed by atoms with Crippen LogP contribution in [0.4, 0.5) is 0 Å². The van der Waals surface area contributed by atoms with Crippen LogP contribution in [0.3, 0.4) is 0 Å². The molecule has 0 bridgehead atoms. The Balaban J connectivity index is 1.13. The molecule has 2 heterocycles. The number of benzene rings is 1. The zero-order valence-electron chi connectivity index (χ0n) is 18.1. The fourth-order valence-electron chi connectivity index (χ4n) is 6.16. The fraction of sp³-hybridized carbons (Fsp3) is 0.720. The molecule has 4 nitrogen and oxygen atoms in total. The van der Waals surface area contributed by atoms with Gasteiger partial charge in [0.15, 0.2) is 0 Å². The summed E-state index contributed by atoms with van der Waals surface area (Å²) in [5.41, 5.74) is 3.13. The van der Waals surface area contributed by atoms with Gasteiger partial charge in [0, 0.05) is 31.2 Å². The van der Waals surface area contributed by atoms with E-state index in [1.807, 2.05) is 0 Å². The number of amides is 1. The zero-order valence-corrected chi connectivity index (χ0v) is 18.1. The van der Waals surface area contributed by atoms with Gasteiger partial charge in [-0.05, 0) is 89.1 Å². The molecule has 1 saturated carbocycles. The van der Waals surface area contributed by atoms with Gasteiger partial charge in [-0.3, -0.25) is 14.6 Å². The summed E-state index contributed by atoms with van der Waals surface area (Å²) in [6, 6.07) is 10.9. The van der Waals surface area contributed by atoms with E-state index in [2.05, 4.69) is 45.9 Å². The van der Waals surface area contributed by atoms with Gasteiger partial charge in [0.25, 0.3) is 0 Å². The molecule has 3 fully saturated rings. The second-order valence-electron chi connectivity index (χ2n) is 9.79. The maximum atomic E-state index is 13.1. The summed E-state index contributed by atoms with van der Waals surface area (Å²) in [6.45, 7) is 7.68. The molecule has 1 aromatic carbocycles. The van der Waals surface area contributed by atoms with Crippen molar-refractivity contribution < 1.29 is 4.79 Å². The van der Waals surface area contributed by atoms with E-state index in [-0.39, 0.29) is 5.92 Å². The van der Waals surface area contributed by atoms with E-state index in [1.165, 1.54) is 64.6 Å². The van der Waals surface area contributed by atoms with Crippen molar-refractivity contribution in [1.29, 1.82) is 0 Å². The summed E-state index contributed by atoms with van der Waals surface area (Å²) in [7, 11) is 0. The van der Waals surface area contributed by atoms with Crippen LogP contribution in [-0.2, 0) is 17.6 Å². The molecule has 1 atom stereocenters.